The molecule has 4 aromatic heterocycles. The molecule has 0 N–H and O–H groups in total. The van der Waals surface area contributed by atoms with Crippen molar-refractivity contribution in [3.8, 4) is 11.5 Å². The van der Waals surface area contributed by atoms with Gasteiger partial charge in [0.25, 0.3) is 0 Å². The summed E-state index contributed by atoms with van der Waals surface area (Å²) in [7, 11) is 0. The number of ether oxygens (including phenoxy) is 2. The molecule has 4 aliphatic heterocycles. The molecule has 6 aromatic rings. The molecule has 8 heterocycles. The largest absolute Gasteiger partial charge is 0.489 e. The van der Waals surface area contributed by atoms with E-state index in [1.165, 1.54) is 0 Å². The summed E-state index contributed by atoms with van der Waals surface area (Å²) in [5, 5.41) is 6.26. The van der Waals surface area contributed by atoms with E-state index in [-0.39, 0.29) is 0 Å². The predicted octanol–water partition coefficient (Wildman–Crippen LogP) is 8.97. The zero-order valence-electron chi connectivity index (χ0n) is 27.1. The van der Waals surface area contributed by atoms with Crippen molar-refractivity contribution >= 4 is 83.1 Å². The Morgan fingerprint density at radius 3 is 1.96 bits per heavy atom. The molecule has 4 aliphatic rings. The first-order chi connectivity index (χ1) is 25.1. The van der Waals surface area contributed by atoms with Crippen LogP contribution < -0.4 is 9.47 Å². The molecule has 254 valence electrons. The highest BCUT2D eigenvalue weighted by atomic mass is 79.9. The molecule has 0 saturated carbocycles. The van der Waals surface area contributed by atoms with Gasteiger partial charge in [0.1, 0.15) is 41.6 Å². The summed E-state index contributed by atoms with van der Waals surface area (Å²) >= 11 is 6.95. The van der Waals surface area contributed by atoms with Gasteiger partial charge in [-0.3, -0.25) is 20.0 Å². The lowest BCUT2D eigenvalue weighted by Gasteiger charge is -2.13. The third-order valence-electron chi connectivity index (χ3n) is 8.52. The number of hydrogen-bond donors (Lipinski definition) is 0. The molecule has 0 aliphatic carbocycles. The molecule has 0 spiro atoms. The maximum atomic E-state index is 6.08. The van der Waals surface area contributed by atoms with Crippen molar-refractivity contribution in [2.45, 2.75) is 13.2 Å². The number of fused-ring (bicyclic) bond motifs is 4. The zero-order chi connectivity index (χ0) is 34.1. The maximum Gasteiger partial charge on any atom is 0.169 e. The summed E-state index contributed by atoms with van der Waals surface area (Å²) in [5.74, 6) is 3.35. The van der Waals surface area contributed by atoms with E-state index < -0.39 is 0 Å². The molecule has 0 saturated heterocycles. The van der Waals surface area contributed by atoms with E-state index in [2.05, 4.69) is 63.2 Å². The fourth-order valence-electron chi connectivity index (χ4n) is 6.07. The Morgan fingerprint density at radius 2 is 1.31 bits per heavy atom. The van der Waals surface area contributed by atoms with Gasteiger partial charge in [0.2, 0.25) is 0 Å². The summed E-state index contributed by atoms with van der Waals surface area (Å²) in [6.45, 7) is 4.49. The summed E-state index contributed by atoms with van der Waals surface area (Å²) in [4.78, 5) is 21.6. The minimum Gasteiger partial charge on any atom is -0.489 e. The van der Waals surface area contributed by atoms with Crippen LogP contribution in [0.15, 0.2) is 126 Å². The summed E-state index contributed by atoms with van der Waals surface area (Å²) in [5.41, 5.74) is 5.94. The first-order valence-electron chi connectivity index (χ1n) is 16.3. The molecule has 0 fully saturated rings. The maximum absolute atomic E-state index is 6.08. The van der Waals surface area contributed by atoms with Crippen LogP contribution >= 0.6 is 39.5 Å². The molecule has 0 bridgehead atoms. The Labute approximate surface area is 310 Å². The first-order valence-corrected chi connectivity index (χ1v) is 18.8. The van der Waals surface area contributed by atoms with Crippen molar-refractivity contribution in [1.82, 2.24) is 19.8 Å². The lowest BCUT2D eigenvalue weighted by atomic mass is 10.2. The zero-order valence-corrected chi connectivity index (χ0v) is 30.3. The highest BCUT2D eigenvalue weighted by molar-refractivity contribution is 9.14. The third kappa shape index (κ3) is 6.64. The van der Waals surface area contributed by atoms with Gasteiger partial charge in [-0.1, -0.05) is 23.9 Å². The van der Waals surface area contributed by atoms with E-state index in [4.69, 9.17) is 18.3 Å². The molecule has 0 radical (unpaired) electrons. The molecule has 0 amide bonds. The Morgan fingerprint density at radius 1 is 0.706 bits per heavy atom. The van der Waals surface area contributed by atoms with Crippen LogP contribution in [0.2, 0.25) is 0 Å². The Balaban J connectivity index is 0.000000137. The highest BCUT2D eigenvalue weighted by Crippen LogP contribution is 2.46. The lowest BCUT2D eigenvalue weighted by molar-refractivity contribution is 0.306. The van der Waals surface area contributed by atoms with Crippen LogP contribution in [0.1, 0.15) is 22.6 Å². The number of amidine groups is 2. The van der Waals surface area contributed by atoms with Gasteiger partial charge < -0.3 is 28.1 Å². The number of pyridine rings is 2. The topological polar surface area (TPSA) is 102 Å². The molecule has 10 rings (SSSR count). The number of benzene rings is 2. The minimum absolute atomic E-state index is 0.491. The molecule has 0 atom stereocenters. The summed E-state index contributed by atoms with van der Waals surface area (Å²) in [6.07, 6.45) is 7.14. The monoisotopic (exact) mass is 776 g/mol. The second-order valence-corrected chi connectivity index (χ2v) is 15.0. The van der Waals surface area contributed by atoms with Crippen LogP contribution in [0.4, 0.5) is 0 Å². The predicted molar refractivity (Wildman–Crippen MR) is 207 cm³/mol. The molecule has 51 heavy (non-hydrogen) atoms. The van der Waals surface area contributed by atoms with Gasteiger partial charge in [-0.15, -0.1) is 0 Å². The van der Waals surface area contributed by atoms with Gasteiger partial charge in [-0.05, 0) is 88.4 Å². The standard InChI is InChI=1S/C19H14BrN3O2S.C19H15N3O2S/c20-18-17(23-7-6-22-19(23)26-18)16-9-13-8-14(3-4-15(13)25-16)24-11-12-2-1-5-21-10-12;1-2-13(10-20-5-1)11-23-15-3-4-17-14(8-15)9-18(24-17)16-12-25-19-21-6-7-22(16)19/h1-5,8-10H,6-7,11H2;1-5,8-10,12H,6-7,11H2. The van der Waals surface area contributed by atoms with Crippen molar-refractivity contribution in [3.63, 3.8) is 0 Å². The normalized spacial score (nSPS) is 16.2. The van der Waals surface area contributed by atoms with Gasteiger partial charge in [-0.25, -0.2) is 0 Å². The minimum atomic E-state index is 0.491. The van der Waals surface area contributed by atoms with Crippen LogP contribution in [0.5, 0.6) is 11.5 Å². The molecular formula is C38H29BrN6O4S2. The quantitative estimate of drug-likeness (QED) is 0.149. The summed E-state index contributed by atoms with van der Waals surface area (Å²) in [6, 6.07) is 23.7. The highest BCUT2D eigenvalue weighted by Gasteiger charge is 2.34. The Hall–Kier alpha value is -4.98. The van der Waals surface area contributed by atoms with E-state index >= 15 is 0 Å². The van der Waals surface area contributed by atoms with Crippen LogP contribution in [-0.4, -0.2) is 56.3 Å². The second kappa shape index (κ2) is 14.0. The number of nitrogens with zero attached hydrogens (tertiary/aromatic N) is 6. The van der Waals surface area contributed by atoms with Gasteiger partial charge in [0.05, 0.1) is 22.6 Å². The van der Waals surface area contributed by atoms with Gasteiger partial charge in [0.15, 0.2) is 21.9 Å². The number of thioether (sulfide) groups is 2. The number of furan rings is 2. The molecule has 13 heteroatoms. The average molecular weight is 778 g/mol. The smallest absolute Gasteiger partial charge is 0.169 e. The van der Waals surface area contributed by atoms with Crippen molar-refractivity contribution in [3.05, 3.63) is 129 Å². The van der Waals surface area contributed by atoms with Crippen molar-refractivity contribution in [1.29, 1.82) is 0 Å². The molecular weight excluding hydrogens is 748 g/mol. The van der Waals surface area contributed by atoms with Crippen LogP contribution in [0, 0.1) is 0 Å². The summed E-state index contributed by atoms with van der Waals surface area (Å²) < 4.78 is 24.9. The van der Waals surface area contributed by atoms with Crippen molar-refractivity contribution in [2.75, 3.05) is 26.2 Å². The van der Waals surface area contributed by atoms with Crippen molar-refractivity contribution in [2.24, 2.45) is 9.98 Å². The number of hydrogen-bond acceptors (Lipinski definition) is 12. The molecule has 0 unspecified atom stereocenters. The van der Waals surface area contributed by atoms with E-state index in [0.717, 1.165) is 108 Å². The molecule has 10 nitrogen and oxygen atoms in total. The fourth-order valence-corrected chi connectivity index (χ4v) is 8.77. The van der Waals surface area contributed by atoms with Gasteiger partial charge in [0, 0.05) is 65.2 Å². The van der Waals surface area contributed by atoms with Crippen LogP contribution in [0.25, 0.3) is 33.3 Å². The number of aliphatic imine (C=N–C) groups is 2. The van der Waals surface area contributed by atoms with Gasteiger partial charge >= 0.3 is 0 Å². The number of halogens is 1. The van der Waals surface area contributed by atoms with Crippen molar-refractivity contribution < 1.29 is 18.3 Å². The second-order valence-electron chi connectivity index (χ2n) is 11.9. The van der Waals surface area contributed by atoms with Gasteiger partial charge in [-0.2, -0.15) is 0 Å². The van der Waals surface area contributed by atoms with E-state index in [1.54, 1.807) is 35.9 Å². The molecule has 2 aromatic carbocycles. The Bertz CT molecular complexity index is 2370. The lowest BCUT2D eigenvalue weighted by Crippen LogP contribution is -2.19. The first kappa shape index (κ1) is 32.0. The fraction of sp³-hybridized carbons (Fsp3) is 0.158. The van der Waals surface area contributed by atoms with Crippen LogP contribution in [-0.2, 0) is 13.2 Å². The SMILES string of the molecule is BrC1=C(c2cc3cc(OCc4cccnc4)ccc3o2)N2CCN=C2S1.C1=C(c2cc3cc(OCc4cccnc4)ccc3o2)N2CCN=C2S1. The Kier molecular flexibility index (Phi) is 8.76. The number of rotatable bonds is 8. The number of aromatic nitrogens is 2. The third-order valence-corrected chi connectivity index (χ3v) is 11.2. The van der Waals surface area contributed by atoms with Crippen LogP contribution in [0.3, 0.4) is 0 Å². The average Bonchev–Trinajstić information content (AvgIpc) is 4.01. The van der Waals surface area contributed by atoms with E-state index in [0.29, 0.717) is 13.2 Å². The van der Waals surface area contributed by atoms with E-state index in [1.807, 2.05) is 73.1 Å². The van der Waals surface area contributed by atoms with E-state index in [9.17, 15) is 0 Å².